The highest BCUT2D eigenvalue weighted by Crippen LogP contribution is 2.47. The highest BCUT2D eigenvalue weighted by molar-refractivity contribution is 6.42. The molecule has 0 bridgehead atoms. The summed E-state index contributed by atoms with van der Waals surface area (Å²) in [6.07, 6.45) is 0. The first-order valence-corrected chi connectivity index (χ1v) is 9.33. The van der Waals surface area contributed by atoms with E-state index in [1.807, 2.05) is 18.2 Å². The second-order valence-electron chi connectivity index (χ2n) is 6.48. The zero-order chi connectivity index (χ0) is 20.1. The lowest BCUT2D eigenvalue weighted by Gasteiger charge is -2.24. The number of hydrogen-bond acceptors (Lipinski definition) is 6. The maximum atomic E-state index is 9.80. The lowest BCUT2D eigenvalue weighted by Crippen LogP contribution is -2.21. The number of ether oxygens (including phenoxy) is 3. The summed E-state index contributed by atoms with van der Waals surface area (Å²) >= 11 is 12.3. The number of allylic oxidation sites excluding steroid dienone is 1. The number of hydrogen-bond donors (Lipinski definition) is 2. The van der Waals surface area contributed by atoms with Crippen molar-refractivity contribution in [3.05, 3.63) is 69.0 Å². The molecule has 0 aliphatic carbocycles. The van der Waals surface area contributed by atoms with E-state index in [1.54, 1.807) is 18.2 Å². The van der Waals surface area contributed by atoms with Gasteiger partial charge in [0.25, 0.3) is 0 Å². The van der Waals surface area contributed by atoms with Crippen LogP contribution in [0.5, 0.6) is 17.4 Å². The van der Waals surface area contributed by atoms with Crippen LogP contribution in [0.15, 0.2) is 47.9 Å². The molecule has 3 heterocycles. The van der Waals surface area contributed by atoms with Gasteiger partial charge in [0, 0.05) is 5.56 Å². The molecule has 1 aromatic heterocycles. The first-order valence-electron chi connectivity index (χ1n) is 8.57. The molecule has 2 aliphatic heterocycles. The number of nitriles is 1. The summed E-state index contributed by atoms with van der Waals surface area (Å²) in [6.45, 7) is 0.154. The van der Waals surface area contributed by atoms with Gasteiger partial charge in [0.15, 0.2) is 11.5 Å². The van der Waals surface area contributed by atoms with E-state index < -0.39 is 5.92 Å². The Morgan fingerprint density at radius 1 is 1.10 bits per heavy atom. The molecule has 0 spiro atoms. The van der Waals surface area contributed by atoms with Gasteiger partial charge in [0.05, 0.1) is 27.2 Å². The number of H-pyrrole nitrogens is 1. The third-order valence-corrected chi connectivity index (χ3v) is 5.62. The van der Waals surface area contributed by atoms with E-state index in [2.05, 4.69) is 16.3 Å². The number of nitrogens with one attached hydrogen (secondary N) is 1. The van der Waals surface area contributed by atoms with Gasteiger partial charge in [-0.15, -0.1) is 5.10 Å². The normalized spacial score (nSPS) is 16.9. The maximum Gasteiger partial charge on any atom is 0.244 e. The highest BCUT2D eigenvalue weighted by atomic mass is 35.5. The Morgan fingerprint density at radius 2 is 1.93 bits per heavy atom. The standard InChI is InChI=1S/C20H12Cl2N4O3/c21-12-3-1-10(5-13(12)22)18-17-16(9-2-4-14-15(6-9)28-8-27-14)11(7-23)19(24)29-20(17)26-25-18/h1-6,16H,8,24H2,(H,25,26). The van der Waals surface area contributed by atoms with E-state index >= 15 is 0 Å². The molecule has 7 nitrogen and oxygen atoms in total. The topological polar surface area (TPSA) is 106 Å². The average molecular weight is 427 g/mol. The minimum absolute atomic E-state index is 0.00913. The van der Waals surface area contributed by atoms with E-state index in [0.717, 1.165) is 11.1 Å². The molecule has 144 valence electrons. The summed E-state index contributed by atoms with van der Waals surface area (Å²) in [4.78, 5) is 0. The summed E-state index contributed by atoms with van der Waals surface area (Å²) in [6, 6.07) is 12.9. The third-order valence-electron chi connectivity index (χ3n) is 4.88. The van der Waals surface area contributed by atoms with Gasteiger partial charge in [-0.25, -0.2) is 0 Å². The number of halogens is 2. The van der Waals surface area contributed by atoms with Crippen LogP contribution in [-0.2, 0) is 0 Å². The molecule has 9 heteroatoms. The zero-order valence-electron chi connectivity index (χ0n) is 14.7. The molecule has 3 aromatic rings. The minimum atomic E-state index is -0.513. The predicted octanol–water partition coefficient (Wildman–Crippen LogP) is 4.33. The van der Waals surface area contributed by atoms with E-state index in [1.165, 1.54) is 0 Å². The molecule has 0 amide bonds. The number of nitrogens with two attached hydrogens (primary N) is 1. The van der Waals surface area contributed by atoms with E-state index in [0.29, 0.717) is 38.7 Å². The van der Waals surface area contributed by atoms with Gasteiger partial charge in [-0.3, -0.25) is 5.10 Å². The van der Waals surface area contributed by atoms with Crippen molar-refractivity contribution in [3.63, 3.8) is 0 Å². The quantitative estimate of drug-likeness (QED) is 0.631. The fraction of sp³-hybridized carbons (Fsp3) is 0.100. The Kier molecular flexibility index (Phi) is 4.05. The zero-order valence-corrected chi connectivity index (χ0v) is 16.2. The monoisotopic (exact) mass is 426 g/mol. The number of aromatic amines is 1. The van der Waals surface area contributed by atoms with Crippen molar-refractivity contribution in [3.8, 4) is 34.7 Å². The van der Waals surface area contributed by atoms with Gasteiger partial charge in [-0.2, -0.15) is 5.26 Å². The molecule has 0 radical (unpaired) electrons. The molecular weight excluding hydrogens is 415 g/mol. The Hall–Kier alpha value is -3.34. The fourth-order valence-electron chi connectivity index (χ4n) is 3.54. The van der Waals surface area contributed by atoms with Crippen molar-refractivity contribution < 1.29 is 14.2 Å². The smallest absolute Gasteiger partial charge is 0.244 e. The number of nitrogens with zero attached hydrogens (tertiary/aromatic N) is 2. The molecule has 0 fully saturated rings. The van der Waals surface area contributed by atoms with Crippen LogP contribution in [-0.4, -0.2) is 17.0 Å². The molecule has 1 atom stereocenters. The van der Waals surface area contributed by atoms with Crippen LogP contribution in [0.3, 0.4) is 0 Å². The molecule has 29 heavy (non-hydrogen) atoms. The second kappa shape index (κ2) is 6.62. The molecule has 2 aromatic carbocycles. The van der Waals surface area contributed by atoms with Crippen molar-refractivity contribution in [2.45, 2.75) is 5.92 Å². The van der Waals surface area contributed by atoms with Crippen molar-refractivity contribution in [1.29, 1.82) is 5.26 Å². The summed E-state index contributed by atoms with van der Waals surface area (Å²) < 4.78 is 16.5. The van der Waals surface area contributed by atoms with E-state index in [9.17, 15) is 5.26 Å². The number of fused-ring (bicyclic) bond motifs is 2. The fourth-order valence-corrected chi connectivity index (χ4v) is 3.84. The molecule has 2 aliphatic rings. The van der Waals surface area contributed by atoms with Crippen LogP contribution in [0.2, 0.25) is 10.0 Å². The van der Waals surface area contributed by atoms with Crippen LogP contribution in [0.4, 0.5) is 0 Å². The molecular formula is C20H12Cl2N4O3. The first-order chi connectivity index (χ1) is 14.1. The SMILES string of the molecule is N#CC1=C(N)Oc2n[nH]c(-c3ccc(Cl)c(Cl)c3)c2C1c1ccc2c(c1)OCO2. The van der Waals surface area contributed by atoms with Crippen molar-refractivity contribution in [1.82, 2.24) is 10.2 Å². The van der Waals surface area contributed by atoms with Crippen LogP contribution in [0.25, 0.3) is 11.3 Å². The van der Waals surface area contributed by atoms with Gasteiger partial charge in [0.1, 0.15) is 11.6 Å². The van der Waals surface area contributed by atoms with Crippen molar-refractivity contribution in [2.75, 3.05) is 6.79 Å². The Balaban J connectivity index is 1.72. The van der Waals surface area contributed by atoms with Crippen LogP contribution < -0.4 is 19.9 Å². The molecule has 0 saturated heterocycles. The highest BCUT2D eigenvalue weighted by Gasteiger charge is 2.36. The van der Waals surface area contributed by atoms with Crippen LogP contribution in [0, 0.1) is 11.3 Å². The molecule has 3 N–H and O–H groups in total. The average Bonchev–Trinajstić information content (AvgIpc) is 3.35. The summed E-state index contributed by atoms with van der Waals surface area (Å²) in [5.41, 5.74) is 9.17. The van der Waals surface area contributed by atoms with Gasteiger partial charge >= 0.3 is 0 Å². The van der Waals surface area contributed by atoms with Crippen LogP contribution in [0.1, 0.15) is 17.0 Å². The Labute approximate surface area is 175 Å². The summed E-state index contributed by atoms with van der Waals surface area (Å²) in [7, 11) is 0. The third kappa shape index (κ3) is 2.77. The second-order valence-corrected chi connectivity index (χ2v) is 7.30. The molecule has 1 unspecified atom stereocenters. The van der Waals surface area contributed by atoms with Gasteiger partial charge in [0.2, 0.25) is 18.6 Å². The van der Waals surface area contributed by atoms with E-state index in [-0.39, 0.29) is 18.2 Å². The molecule has 5 rings (SSSR count). The number of benzene rings is 2. The number of aromatic nitrogens is 2. The predicted molar refractivity (Wildman–Crippen MR) is 106 cm³/mol. The van der Waals surface area contributed by atoms with Crippen molar-refractivity contribution >= 4 is 23.2 Å². The van der Waals surface area contributed by atoms with Gasteiger partial charge in [-0.1, -0.05) is 35.3 Å². The molecule has 0 saturated carbocycles. The van der Waals surface area contributed by atoms with Crippen LogP contribution >= 0.6 is 23.2 Å². The minimum Gasteiger partial charge on any atom is -0.454 e. The van der Waals surface area contributed by atoms with Gasteiger partial charge < -0.3 is 19.9 Å². The maximum absolute atomic E-state index is 9.80. The summed E-state index contributed by atoms with van der Waals surface area (Å²) in [5, 5.41) is 17.9. The summed E-state index contributed by atoms with van der Waals surface area (Å²) in [5.74, 6) is 1.04. The number of rotatable bonds is 2. The van der Waals surface area contributed by atoms with Gasteiger partial charge in [-0.05, 0) is 29.8 Å². The largest absolute Gasteiger partial charge is 0.454 e. The first kappa shape index (κ1) is 17.7. The van der Waals surface area contributed by atoms with E-state index in [4.69, 9.17) is 43.1 Å². The lowest BCUT2D eigenvalue weighted by atomic mass is 9.83. The Bertz CT molecular complexity index is 1230. The van der Waals surface area contributed by atoms with Crippen molar-refractivity contribution in [2.24, 2.45) is 5.73 Å². The Morgan fingerprint density at radius 3 is 2.72 bits per heavy atom. The lowest BCUT2D eigenvalue weighted by molar-refractivity contribution is 0.174.